The summed E-state index contributed by atoms with van der Waals surface area (Å²) in [7, 11) is 0. The fraction of sp³-hybridized carbons (Fsp3) is 0. The van der Waals surface area contributed by atoms with Crippen molar-refractivity contribution in [3.63, 3.8) is 0 Å². The number of amides is 1. The highest BCUT2D eigenvalue weighted by Gasteiger charge is 2.08. The third-order valence-electron chi connectivity index (χ3n) is 3.03. The molecule has 0 aliphatic heterocycles. The van der Waals surface area contributed by atoms with Crippen molar-refractivity contribution in [3.05, 3.63) is 66.7 Å². The lowest BCUT2D eigenvalue weighted by molar-refractivity contribution is -0.105. The van der Waals surface area contributed by atoms with E-state index in [-0.39, 0.29) is 0 Å². The van der Waals surface area contributed by atoms with Gasteiger partial charge in [0.2, 0.25) is 6.41 Å². The van der Waals surface area contributed by atoms with Gasteiger partial charge in [-0.25, -0.2) is 9.97 Å². The number of anilines is 1. The van der Waals surface area contributed by atoms with E-state index in [4.69, 9.17) is 0 Å². The van der Waals surface area contributed by atoms with Crippen molar-refractivity contribution in [1.29, 1.82) is 0 Å². The predicted molar refractivity (Wildman–Crippen MR) is 82.6 cm³/mol. The normalized spacial score (nSPS) is 10.1. The number of aromatic nitrogens is 2. The molecule has 0 radical (unpaired) electrons. The molecule has 4 heteroatoms. The lowest BCUT2D eigenvalue weighted by atomic mass is 10.1. The van der Waals surface area contributed by atoms with Gasteiger partial charge in [0, 0.05) is 17.2 Å². The molecule has 1 heterocycles. The number of nitrogens with one attached hydrogen (secondary N) is 1. The molecule has 3 rings (SSSR count). The van der Waals surface area contributed by atoms with Crippen LogP contribution in [-0.2, 0) is 4.79 Å². The van der Waals surface area contributed by atoms with Crippen molar-refractivity contribution >= 4 is 12.2 Å². The highest BCUT2D eigenvalue weighted by atomic mass is 16.1. The molecule has 3 aromatic rings. The van der Waals surface area contributed by atoms with Crippen molar-refractivity contribution in [2.24, 2.45) is 0 Å². The van der Waals surface area contributed by atoms with Crippen LogP contribution in [0.3, 0.4) is 0 Å². The Labute approximate surface area is 122 Å². The zero-order chi connectivity index (χ0) is 14.5. The number of rotatable bonds is 4. The summed E-state index contributed by atoms with van der Waals surface area (Å²) >= 11 is 0. The highest BCUT2D eigenvalue weighted by molar-refractivity contribution is 5.74. The first kappa shape index (κ1) is 13.0. The molecule has 2 aromatic carbocycles. The Balaban J connectivity index is 2.13. The Bertz CT molecular complexity index is 685. The van der Waals surface area contributed by atoms with Crippen LogP contribution in [0.15, 0.2) is 66.7 Å². The second kappa shape index (κ2) is 5.96. The first-order valence-electron chi connectivity index (χ1n) is 6.57. The second-order valence-electron chi connectivity index (χ2n) is 4.46. The zero-order valence-electron chi connectivity index (χ0n) is 11.2. The lowest BCUT2D eigenvalue weighted by Gasteiger charge is -2.07. The van der Waals surface area contributed by atoms with Gasteiger partial charge in [0.05, 0.1) is 5.69 Å². The molecule has 4 nitrogen and oxygen atoms in total. The van der Waals surface area contributed by atoms with E-state index in [2.05, 4.69) is 15.3 Å². The fourth-order valence-electron chi connectivity index (χ4n) is 2.05. The van der Waals surface area contributed by atoms with Crippen LogP contribution in [0.1, 0.15) is 0 Å². The van der Waals surface area contributed by atoms with Crippen LogP contribution >= 0.6 is 0 Å². The minimum atomic E-state index is 0.484. The summed E-state index contributed by atoms with van der Waals surface area (Å²) in [6, 6.07) is 21.2. The quantitative estimate of drug-likeness (QED) is 0.743. The largest absolute Gasteiger partial charge is 0.313 e. The molecule has 1 amide bonds. The van der Waals surface area contributed by atoms with E-state index < -0.39 is 0 Å². The van der Waals surface area contributed by atoms with Gasteiger partial charge in [-0.3, -0.25) is 4.79 Å². The highest BCUT2D eigenvalue weighted by Crippen LogP contribution is 2.23. The zero-order valence-corrected chi connectivity index (χ0v) is 11.2. The Morgan fingerprint density at radius 2 is 1.43 bits per heavy atom. The Hall–Kier alpha value is -3.01. The van der Waals surface area contributed by atoms with Crippen LogP contribution in [0.25, 0.3) is 22.6 Å². The van der Waals surface area contributed by atoms with E-state index >= 15 is 0 Å². The van der Waals surface area contributed by atoms with Gasteiger partial charge in [0.15, 0.2) is 5.82 Å². The maximum absolute atomic E-state index is 10.7. The predicted octanol–water partition coefficient (Wildman–Crippen LogP) is 3.38. The molecular formula is C17H13N3O. The summed E-state index contributed by atoms with van der Waals surface area (Å²) in [5, 5.41) is 2.60. The Kier molecular flexibility index (Phi) is 3.69. The molecule has 0 atom stereocenters. The number of hydrogen-bond donors (Lipinski definition) is 1. The van der Waals surface area contributed by atoms with Crippen LogP contribution in [0.2, 0.25) is 0 Å². The van der Waals surface area contributed by atoms with Crippen LogP contribution in [0.5, 0.6) is 0 Å². The molecule has 1 N–H and O–H groups in total. The third kappa shape index (κ3) is 2.95. The maximum atomic E-state index is 10.7. The first-order valence-corrected chi connectivity index (χ1v) is 6.57. The summed E-state index contributed by atoms with van der Waals surface area (Å²) in [5.41, 5.74) is 2.66. The summed E-state index contributed by atoms with van der Waals surface area (Å²) in [6.45, 7) is 0. The number of carbonyl (C=O) groups excluding carboxylic acids is 1. The Morgan fingerprint density at radius 1 is 0.810 bits per heavy atom. The van der Waals surface area contributed by atoms with Gasteiger partial charge in [-0.1, -0.05) is 60.7 Å². The van der Waals surface area contributed by atoms with Crippen molar-refractivity contribution < 1.29 is 4.79 Å². The smallest absolute Gasteiger partial charge is 0.212 e. The van der Waals surface area contributed by atoms with Gasteiger partial charge in [-0.15, -0.1) is 0 Å². The van der Waals surface area contributed by atoms with Crippen molar-refractivity contribution in [3.8, 4) is 22.6 Å². The summed E-state index contributed by atoms with van der Waals surface area (Å²) in [4.78, 5) is 19.7. The molecule has 0 spiro atoms. The van der Waals surface area contributed by atoms with E-state index in [1.807, 2.05) is 60.7 Å². The van der Waals surface area contributed by atoms with Gasteiger partial charge in [0.25, 0.3) is 0 Å². The molecule has 21 heavy (non-hydrogen) atoms. The molecule has 0 fully saturated rings. The van der Waals surface area contributed by atoms with E-state index in [1.165, 1.54) is 0 Å². The summed E-state index contributed by atoms with van der Waals surface area (Å²) < 4.78 is 0. The average Bonchev–Trinajstić information content (AvgIpc) is 2.56. The van der Waals surface area contributed by atoms with Crippen LogP contribution in [0.4, 0.5) is 5.82 Å². The molecule has 0 aliphatic rings. The van der Waals surface area contributed by atoms with Crippen LogP contribution in [-0.4, -0.2) is 16.4 Å². The molecule has 0 aliphatic carbocycles. The monoisotopic (exact) mass is 275 g/mol. The van der Waals surface area contributed by atoms with Gasteiger partial charge in [-0.2, -0.15) is 0 Å². The van der Waals surface area contributed by atoms with Crippen molar-refractivity contribution in [2.75, 3.05) is 5.32 Å². The first-order chi connectivity index (χ1) is 10.4. The lowest BCUT2D eigenvalue weighted by Crippen LogP contribution is -2.01. The molecule has 1 aromatic heterocycles. The minimum absolute atomic E-state index is 0.484. The van der Waals surface area contributed by atoms with E-state index in [0.29, 0.717) is 18.1 Å². The molecule has 102 valence electrons. The molecule has 0 saturated heterocycles. The molecule has 0 saturated carbocycles. The standard InChI is InChI=1S/C17H13N3O/c21-12-18-16-11-15(13-7-3-1-4-8-13)19-17(20-16)14-9-5-2-6-10-14/h1-12H,(H,18,19,20,21). The maximum Gasteiger partial charge on any atom is 0.212 e. The SMILES string of the molecule is O=CNc1cc(-c2ccccc2)nc(-c2ccccc2)n1. The number of carbonyl (C=O) groups is 1. The van der Waals surface area contributed by atoms with Gasteiger partial charge >= 0.3 is 0 Å². The van der Waals surface area contributed by atoms with E-state index in [0.717, 1.165) is 16.8 Å². The van der Waals surface area contributed by atoms with Crippen LogP contribution < -0.4 is 5.32 Å². The fourth-order valence-corrected chi connectivity index (χ4v) is 2.05. The summed E-state index contributed by atoms with van der Waals surface area (Å²) in [5.74, 6) is 1.07. The second-order valence-corrected chi connectivity index (χ2v) is 4.46. The molecule has 0 bridgehead atoms. The van der Waals surface area contributed by atoms with Gasteiger partial charge in [0.1, 0.15) is 5.82 Å². The van der Waals surface area contributed by atoms with E-state index in [9.17, 15) is 4.79 Å². The van der Waals surface area contributed by atoms with Gasteiger partial charge < -0.3 is 5.32 Å². The number of nitrogens with zero attached hydrogens (tertiary/aromatic N) is 2. The van der Waals surface area contributed by atoms with Crippen LogP contribution in [0, 0.1) is 0 Å². The van der Waals surface area contributed by atoms with Crippen molar-refractivity contribution in [2.45, 2.75) is 0 Å². The number of hydrogen-bond acceptors (Lipinski definition) is 3. The topological polar surface area (TPSA) is 54.9 Å². The van der Waals surface area contributed by atoms with E-state index in [1.54, 1.807) is 6.07 Å². The minimum Gasteiger partial charge on any atom is -0.313 e. The number of benzene rings is 2. The molecule has 0 unspecified atom stereocenters. The molecular weight excluding hydrogens is 262 g/mol. The third-order valence-corrected chi connectivity index (χ3v) is 3.03. The van der Waals surface area contributed by atoms with Crippen molar-refractivity contribution in [1.82, 2.24) is 9.97 Å². The summed E-state index contributed by atoms with van der Waals surface area (Å²) in [6.07, 6.45) is 0.617. The Morgan fingerprint density at radius 3 is 2.05 bits per heavy atom. The van der Waals surface area contributed by atoms with Gasteiger partial charge in [-0.05, 0) is 0 Å². The average molecular weight is 275 g/mol.